The van der Waals surface area contributed by atoms with E-state index in [-0.39, 0.29) is 17.6 Å². The predicted molar refractivity (Wildman–Crippen MR) is 88.5 cm³/mol. The molecule has 3 rings (SSSR count). The molecule has 0 radical (unpaired) electrons. The summed E-state index contributed by atoms with van der Waals surface area (Å²) in [5.74, 6) is 1.43. The Hall–Kier alpha value is -2.35. The summed E-state index contributed by atoms with van der Waals surface area (Å²) in [7, 11) is 0. The quantitative estimate of drug-likeness (QED) is 0.706. The number of amides is 2. The molecule has 7 nitrogen and oxygen atoms in total. The largest absolute Gasteiger partial charge is 0.326 e. The molecule has 1 aliphatic carbocycles. The van der Waals surface area contributed by atoms with Crippen LogP contribution in [0.15, 0.2) is 29.4 Å². The summed E-state index contributed by atoms with van der Waals surface area (Å²) in [6.07, 6.45) is 2.32. The second-order valence-corrected chi connectivity index (χ2v) is 6.32. The van der Waals surface area contributed by atoms with E-state index >= 15 is 0 Å². The molecule has 1 aromatic carbocycles. The molecule has 120 valence electrons. The van der Waals surface area contributed by atoms with E-state index in [2.05, 4.69) is 25.8 Å². The Kier molecular flexibility index (Phi) is 4.61. The molecule has 1 aromatic heterocycles. The van der Waals surface area contributed by atoms with Crippen molar-refractivity contribution < 1.29 is 9.59 Å². The molecule has 1 aliphatic rings. The zero-order valence-electron chi connectivity index (χ0n) is 12.6. The molecular weight excluding hydrogens is 314 g/mol. The van der Waals surface area contributed by atoms with Crippen LogP contribution in [0, 0.1) is 0 Å². The fourth-order valence-electron chi connectivity index (χ4n) is 2.03. The van der Waals surface area contributed by atoms with Crippen LogP contribution in [0.3, 0.4) is 0 Å². The Balaban J connectivity index is 1.47. The number of thioether (sulfide) groups is 1. The molecule has 1 heterocycles. The molecule has 0 spiro atoms. The number of H-pyrrole nitrogens is 1. The van der Waals surface area contributed by atoms with Gasteiger partial charge in [-0.3, -0.25) is 14.7 Å². The topological polar surface area (TPSA) is 99.8 Å². The van der Waals surface area contributed by atoms with Gasteiger partial charge in [0.25, 0.3) is 0 Å². The van der Waals surface area contributed by atoms with Crippen LogP contribution in [0.5, 0.6) is 0 Å². The zero-order chi connectivity index (χ0) is 16.2. The summed E-state index contributed by atoms with van der Waals surface area (Å²) in [6.45, 7) is 1.45. The highest BCUT2D eigenvalue weighted by Gasteiger charge is 2.27. The highest BCUT2D eigenvalue weighted by Crippen LogP contribution is 2.38. The minimum Gasteiger partial charge on any atom is -0.326 e. The third kappa shape index (κ3) is 4.56. The number of anilines is 2. The number of nitrogens with zero attached hydrogens (tertiary/aromatic N) is 2. The maximum absolute atomic E-state index is 11.9. The lowest BCUT2D eigenvalue weighted by Crippen LogP contribution is -2.14. The third-order valence-electron chi connectivity index (χ3n) is 3.27. The smallest absolute Gasteiger partial charge is 0.234 e. The number of rotatable bonds is 6. The van der Waals surface area contributed by atoms with E-state index in [4.69, 9.17) is 0 Å². The molecule has 0 unspecified atom stereocenters. The number of aromatic nitrogens is 3. The van der Waals surface area contributed by atoms with Gasteiger partial charge in [-0.2, -0.15) is 0 Å². The molecule has 1 fully saturated rings. The van der Waals surface area contributed by atoms with Crippen molar-refractivity contribution in [1.82, 2.24) is 15.2 Å². The van der Waals surface area contributed by atoms with Crippen molar-refractivity contribution in [2.75, 3.05) is 16.4 Å². The normalized spacial score (nSPS) is 13.6. The molecule has 0 bridgehead atoms. The SMILES string of the molecule is CC(=O)Nc1ccc(NC(=O)CSc2n[nH]c(C3CC3)n2)cc1. The van der Waals surface area contributed by atoms with E-state index < -0.39 is 0 Å². The second-order valence-electron chi connectivity index (χ2n) is 5.37. The standard InChI is InChI=1S/C15H17N5O2S/c1-9(21)16-11-4-6-12(7-5-11)17-13(22)8-23-15-18-14(19-20-15)10-2-3-10/h4-7,10H,2-3,8H2,1H3,(H,16,21)(H,17,22)(H,18,19,20). The zero-order valence-corrected chi connectivity index (χ0v) is 13.4. The van der Waals surface area contributed by atoms with Gasteiger partial charge in [-0.1, -0.05) is 11.8 Å². The van der Waals surface area contributed by atoms with Crippen LogP contribution >= 0.6 is 11.8 Å². The van der Waals surface area contributed by atoms with Crippen molar-refractivity contribution in [3.63, 3.8) is 0 Å². The number of benzene rings is 1. The Morgan fingerprint density at radius 2 is 1.87 bits per heavy atom. The lowest BCUT2D eigenvalue weighted by molar-refractivity contribution is -0.114. The van der Waals surface area contributed by atoms with Crippen LogP contribution in [-0.2, 0) is 9.59 Å². The maximum atomic E-state index is 11.9. The average molecular weight is 331 g/mol. The van der Waals surface area contributed by atoms with E-state index in [1.165, 1.54) is 18.7 Å². The van der Waals surface area contributed by atoms with Crippen LogP contribution in [-0.4, -0.2) is 32.7 Å². The van der Waals surface area contributed by atoms with E-state index in [1.807, 2.05) is 0 Å². The number of aromatic amines is 1. The highest BCUT2D eigenvalue weighted by atomic mass is 32.2. The summed E-state index contributed by atoms with van der Waals surface area (Å²) in [6, 6.07) is 6.96. The van der Waals surface area contributed by atoms with E-state index in [0.29, 0.717) is 22.4 Å². The summed E-state index contributed by atoms with van der Waals surface area (Å²) >= 11 is 1.30. The van der Waals surface area contributed by atoms with Gasteiger partial charge in [-0.05, 0) is 37.1 Å². The van der Waals surface area contributed by atoms with Gasteiger partial charge in [0.1, 0.15) is 5.82 Å². The Morgan fingerprint density at radius 3 is 2.48 bits per heavy atom. The van der Waals surface area contributed by atoms with Crippen molar-refractivity contribution in [3.8, 4) is 0 Å². The fourth-order valence-corrected chi connectivity index (χ4v) is 2.63. The minimum atomic E-state index is -0.129. The Morgan fingerprint density at radius 1 is 1.22 bits per heavy atom. The first kappa shape index (κ1) is 15.5. The number of nitrogens with one attached hydrogen (secondary N) is 3. The van der Waals surface area contributed by atoms with Gasteiger partial charge < -0.3 is 10.6 Å². The minimum absolute atomic E-state index is 0.125. The van der Waals surface area contributed by atoms with Gasteiger partial charge in [0, 0.05) is 24.2 Å². The molecule has 8 heteroatoms. The molecule has 0 aliphatic heterocycles. The Bertz CT molecular complexity index is 709. The fraction of sp³-hybridized carbons (Fsp3) is 0.333. The van der Waals surface area contributed by atoms with Gasteiger partial charge in [0.05, 0.1) is 5.75 Å². The number of hydrogen-bond acceptors (Lipinski definition) is 5. The van der Waals surface area contributed by atoms with Gasteiger partial charge in [0.15, 0.2) is 0 Å². The molecule has 2 aromatic rings. The first-order valence-electron chi connectivity index (χ1n) is 7.33. The van der Waals surface area contributed by atoms with Crippen LogP contribution < -0.4 is 10.6 Å². The summed E-state index contributed by atoms with van der Waals surface area (Å²) < 4.78 is 0. The maximum Gasteiger partial charge on any atom is 0.234 e. The van der Waals surface area contributed by atoms with Crippen LogP contribution in [0.2, 0.25) is 0 Å². The lowest BCUT2D eigenvalue weighted by Gasteiger charge is -2.06. The molecule has 3 N–H and O–H groups in total. The van der Waals surface area contributed by atoms with Crippen molar-refractivity contribution in [2.45, 2.75) is 30.8 Å². The first-order chi connectivity index (χ1) is 11.1. The summed E-state index contributed by atoms with van der Waals surface area (Å²) in [4.78, 5) is 27.2. The van der Waals surface area contributed by atoms with Gasteiger partial charge in [-0.15, -0.1) is 5.10 Å². The number of carbonyl (C=O) groups excluding carboxylic acids is 2. The van der Waals surface area contributed by atoms with Crippen molar-refractivity contribution >= 4 is 35.0 Å². The predicted octanol–water partition coefficient (Wildman–Crippen LogP) is 2.37. The van der Waals surface area contributed by atoms with E-state index in [9.17, 15) is 9.59 Å². The van der Waals surface area contributed by atoms with Crippen molar-refractivity contribution in [3.05, 3.63) is 30.1 Å². The monoisotopic (exact) mass is 331 g/mol. The number of hydrogen-bond donors (Lipinski definition) is 3. The molecule has 1 saturated carbocycles. The molecule has 0 saturated heterocycles. The molecule has 0 atom stereocenters. The van der Waals surface area contributed by atoms with Crippen LogP contribution in [0.1, 0.15) is 31.5 Å². The average Bonchev–Trinajstić information content (AvgIpc) is 3.26. The molecule has 2 amide bonds. The molecular formula is C15H17N5O2S. The van der Waals surface area contributed by atoms with E-state index in [1.54, 1.807) is 24.3 Å². The van der Waals surface area contributed by atoms with Crippen molar-refractivity contribution in [2.24, 2.45) is 0 Å². The lowest BCUT2D eigenvalue weighted by atomic mass is 10.3. The molecule has 23 heavy (non-hydrogen) atoms. The van der Waals surface area contributed by atoms with Gasteiger partial charge in [-0.25, -0.2) is 4.98 Å². The van der Waals surface area contributed by atoms with Crippen LogP contribution in [0.4, 0.5) is 11.4 Å². The Labute approximate surface area is 137 Å². The highest BCUT2D eigenvalue weighted by molar-refractivity contribution is 7.99. The van der Waals surface area contributed by atoms with Gasteiger partial charge >= 0.3 is 0 Å². The summed E-state index contributed by atoms with van der Waals surface area (Å²) in [5, 5.41) is 13.1. The summed E-state index contributed by atoms with van der Waals surface area (Å²) in [5.41, 5.74) is 1.37. The van der Waals surface area contributed by atoms with E-state index in [0.717, 1.165) is 18.7 Å². The number of carbonyl (C=O) groups is 2. The first-order valence-corrected chi connectivity index (χ1v) is 8.31. The van der Waals surface area contributed by atoms with Gasteiger partial charge in [0.2, 0.25) is 17.0 Å². The van der Waals surface area contributed by atoms with Crippen molar-refractivity contribution in [1.29, 1.82) is 0 Å². The van der Waals surface area contributed by atoms with Crippen LogP contribution in [0.25, 0.3) is 0 Å². The second kappa shape index (κ2) is 6.82. The third-order valence-corrected chi connectivity index (χ3v) is 4.11.